The van der Waals surface area contributed by atoms with Crippen molar-refractivity contribution < 1.29 is 0 Å². The summed E-state index contributed by atoms with van der Waals surface area (Å²) in [6, 6.07) is 7.47. The van der Waals surface area contributed by atoms with Crippen LogP contribution in [0.4, 0.5) is 5.82 Å². The fraction of sp³-hybridized carbons (Fsp3) is 0.188. The van der Waals surface area contributed by atoms with Gasteiger partial charge < -0.3 is 10.6 Å². The summed E-state index contributed by atoms with van der Waals surface area (Å²) in [5.74, 6) is 0.991. The molecule has 0 radical (unpaired) electrons. The molecule has 0 spiro atoms. The molecule has 0 saturated heterocycles. The number of rotatable bonds is 3. The van der Waals surface area contributed by atoms with Crippen LogP contribution in [0.5, 0.6) is 0 Å². The molecule has 0 atom stereocenters. The lowest BCUT2D eigenvalue weighted by Crippen LogP contribution is -2.11. The molecule has 2 heterocycles. The van der Waals surface area contributed by atoms with Crippen LogP contribution in [0.2, 0.25) is 10.0 Å². The maximum absolute atomic E-state index is 6.36. The predicted octanol–water partition coefficient (Wildman–Crippen LogP) is 3.83. The Bertz CT molecular complexity index is 840. The van der Waals surface area contributed by atoms with Crippen molar-refractivity contribution in [2.24, 2.45) is 5.73 Å². The average molecular weight is 335 g/mol. The van der Waals surface area contributed by atoms with Crippen LogP contribution in [0.3, 0.4) is 0 Å². The summed E-state index contributed by atoms with van der Waals surface area (Å²) < 4.78 is 2.03. The Morgan fingerprint density at radius 3 is 2.59 bits per heavy atom. The van der Waals surface area contributed by atoms with Gasteiger partial charge in [0.1, 0.15) is 11.5 Å². The Hall–Kier alpha value is -1.75. The van der Waals surface area contributed by atoms with Gasteiger partial charge in [-0.1, -0.05) is 29.3 Å². The van der Waals surface area contributed by atoms with Gasteiger partial charge in [-0.3, -0.25) is 4.40 Å². The van der Waals surface area contributed by atoms with Crippen LogP contribution in [0.25, 0.3) is 16.8 Å². The molecule has 0 amide bonds. The molecular formula is C16H16Cl2N4. The second-order valence-corrected chi connectivity index (χ2v) is 6.12. The minimum Gasteiger partial charge on any atom is -0.363 e. The molecule has 0 aliphatic carbocycles. The number of nitrogens with two attached hydrogens (primary N) is 1. The van der Waals surface area contributed by atoms with E-state index in [2.05, 4.69) is 4.98 Å². The maximum Gasteiger partial charge on any atom is 0.138 e. The van der Waals surface area contributed by atoms with Crippen LogP contribution in [0.1, 0.15) is 5.56 Å². The molecule has 1 aromatic carbocycles. The average Bonchev–Trinajstić information content (AvgIpc) is 2.89. The van der Waals surface area contributed by atoms with E-state index in [1.165, 1.54) is 0 Å². The quantitative estimate of drug-likeness (QED) is 0.791. The number of hydrogen-bond donors (Lipinski definition) is 1. The first kappa shape index (κ1) is 15.2. The van der Waals surface area contributed by atoms with Gasteiger partial charge >= 0.3 is 0 Å². The van der Waals surface area contributed by atoms with Gasteiger partial charge in [-0.25, -0.2) is 4.98 Å². The number of halogens is 2. The monoisotopic (exact) mass is 334 g/mol. The van der Waals surface area contributed by atoms with Crippen molar-refractivity contribution >= 4 is 34.7 Å². The highest BCUT2D eigenvalue weighted by Gasteiger charge is 2.13. The zero-order valence-electron chi connectivity index (χ0n) is 12.3. The van der Waals surface area contributed by atoms with Crippen molar-refractivity contribution in [3.63, 3.8) is 0 Å². The molecule has 22 heavy (non-hydrogen) atoms. The van der Waals surface area contributed by atoms with Crippen LogP contribution in [0, 0.1) is 0 Å². The number of pyridine rings is 1. The number of anilines is 1. The zero-order valence-corrected chi connectivity index (χ0v) is 13.9. The van der Waals surface area contributed by atoms with Crippen LogP contribution < -0.4 is 10.6 Å². The summed E-state index contributed by atoms with van der Waals surface area (Å²) in [5, 5.41) is 1.22. The third-order valence-electron chi connectivity index (χ3n) is 3.61. The molecule has 6 heteroatoms. The molecule has 0 unspecified atom stereocenters. The van der Waals surface area contributed by atoms with Gasteiger partial charge in [-0.15, -0.1) is 0 Å². The standard InChI is InChI=1S/C16H16Cl2N4/c1-21(2)16-8-20-15-5-10(7-19)13(9-22(15)16)12-4-3-11(17)6-14(12)18/h3-6,8-9H,7,19H2,1-2H3. The molecule has 3 aromatic rings. The lowest BCUT2D eigenvalue weighted by Gasteiger charge is -2.15. The fourth-order valence-electron chi connectivity index (χ4n) is 2.50. The van der Waals surface area contributed by atoms with Gasteiger partial charge in [0.25, 0.3) is 0 Å². The Morgan fingerprint density at radius 2 is 1.95 bits per heavy atom. The lowest BCUT2D eigenvalue weighted by atomic mass is 10.0. The van der Waals surface area contributed by atoms with E-state index in [1.54, 1.807) is 6.07 Å². The molecule has 0 fully saturated rings. The number of aromatic nitrogens is 2. The molecular weight excluding hydrogens is 319 g/mol. The summed E-state index contributed by atoms with van der Waals surface area (Å²) in [5.41, 5.74) is 9.65. The molecule has 0 aliphatic heterocycles. The Labute approximate surface area is 139 Å². The topological polar surface area (TPSA) is 46.6 Å². The minimum atomic E-state index is 0.412. The number of hydrogen-bond acceptors (Lipinski definition) is 3. The van der Waals surface area contributed by atoms with E-state index < -0.39 is 0 Å². The summed E-state index contributed by atoms with van der Waals surface area (Å²) in [6.45, 7) is 0.412. The smallest absolute Gasteiger partial charge is 0.138 e. The molecule has 0 aliphatic rings. The van der Waals surface area contributed by atoms with Crippen molar-refractivity contribution in [1.29, 1.82) is 0 Å². The van der Waals surface area contributed by atoms with Crippen molar-refractivity contribution in [2.45, 2.75) is 6.54 Å². The van der Waals surface area contributed by atoms with Crippen LogP contribution in [0.15, 0.2) is 36.7 Å². The van der Waals surface area contributed by atoms with Crippen LogP contribution in [-0.4, -0.2) is 23.5 Å². The second-order valence-electron chi connectivity index (χ2n) is 5.28. The van der Waals surface area contributed by atoms with E-state index in [0.29, 0.717) is 16.6 Å². The number of nitrogens with zero attached hydrogens (tertiary/aromatic N) is 3. The van der Waals surface area contributed by atoms with Crippen molar-refractivity contribution in [1.82, 2.24) is 9.38 Å². The van der Waals surface area contributed by atoms with E-state index in [9.17, 15) is 0 Å². The van der Waals surface area contributed by atoms with E-state index in [4.69, 9.17) is 28.9 Å². The first-order valence-electron chi connectivity index (χ1n) is 6.84. The number of benzene rings is 1. The molecule has 3 rings (SSSR count). The van der Waals surface area contributed by atoms with Gasteiger partial charge in [-0.2, -0.15) is 0 Å². The molecule has 0 saturated carbocycles. The fourth-order valence-corrected chi connectivity index (χ4v) is 3.01. The SMILES string of the molecule is CN(C)c1cnc2cc(CN)c(-c3ccc(Cl)cc3Cl)cn12. The highest BCUT2D eigenvalue weighted by molar-refractivity contribution is 6.36. The van der Waals surface area contributed by atoms with E-state index in [0.717, 1.165) is 28.2 Å². The van der Waals surface area contributed by atoms with Crippen molar-refractivity contribution in [3.8, 4) is 11.1 Å². The van der Waals surface area contributed by atoms with Gasteiger partial charge in [0.15, 0.2) is 0 Å². The third-order valence-corrected chi connectivity index (χ3v) is 4.16. The summed E-state index contributed by atoms with van der Waals surface area (Å²) in [6.07, 6.45) is 3.86. The highest BCUT2D eigenvalue weighted by atomic mass is 35.5. The van der Waals surface area contributed by atoms with E-state index in [-0.39, 0.29) is 0 Å². The number of imidazole rings is 1. The molecule has 114 valence electrons. The third kappa shape index (κ3) is 2.54. The van der Waals surface area contributed by atoms with Crippen molar-refractivity contribution in [3.05, 3.63) is 52.3 Å². The normalized spacial score (nSPS) is 11.1. The maximum atomic E-state index is 6.36. The lowest BCUT2D eigenvalue weighted by molar-refractivity contribution is 1.02. The largest absolute Gasteiger partial charge is 0.363 e. The summed E-state index contributed by atoms with van der Waals surface area (Å²) in [4.78, 5) is 6.44. The minimum absolute atomic E-state index is 0.412. The molecule has 2 aromatic heterocycles. The predicted molar refractivity (Wildman–Crippen MR) is 92.9 cm³/mol. The van der Waals surface area contributed by atoms with Gasteiger partial charge in [0.2, 0.25) is 0 Å². The van der Waals surface area contributed by atoms with E-state index >= 15 is 0 Å². The second kappa shape index (κ2) is 5.80. The summed E-state index contributed by atoms with van der Waals surface area (Å²) in [7, 11) is 3.96. The Balaban J connectivity index is 2.29. The first-order valence-corrected chi connectivity index (χ1v) is 7.59. The Kier molecular flexibility index (Phi) is 4.00. The van der Waals surface area contributed by atoms with Gasteiger partial charge in [-0.05, 0) is 23.8 Å². The first-order chi connectivity index (χ1) is 10.5. The zero-order chi connectivity index (χ0) is 15.9. The molecule has 2 N–H and O–H groups in total. The highest BCUT2D eigenvalue weighted by Crippen LogP contribution is 2.33. The van der Waals surface area contributed by atoms with Crippen molar-refractivity contribution in [2.75, 3.05) is 19.0 Å². The van der Waals surface area contributed by atoms with Gasteiger partial charge in [0, 0.05) is 48.0 Å². The molecule has 4 nitrogen and oxygen atoms in total. The van der Waals surface area contributed by atoms with Crippen LogP contribution in [-0.2, 0) is 6.54 Å². The summed E-state index contributed by atoms with van der Waals surface area (Å²) >= 11 is 12.4. The number of fused-ring (bicyclic) bond motifs is 1. The molecule has 0 bridgehead atoms. The van der Waals surface area contributed by atoms with Crippen LogP contribution >= 0.6 is 23.2 Å². The van der Waals surface area contributed by atoms with Gasteiger partial charge in [0.05, 0.1) is 6.20 Å². The van der Waals surface area contributed by atoms with E-state index in [1.807, 2.05) is 54.0 Å². The Morgan fingerprint density at radius 1 is 1.18 bits per heavy atom.